The second-order valence-corrected chi connectivity index (χ2v) is 6.82. The average molecular weight is 396 g/mol. The third kappa shape index (κ3) is 3.41. The Morgan fingerprint density at radius 3 is 2.75 bits per heavy atom. The summed E-state index contributed by atoms with van der Waals surface area (Å²) < 4.78 is 6.87. The Morgan fingerprint density at radius 1 is 1.18 bits per heavy atom. The molecule has 0 unspecified atom stereocenters. The van der Waals surface area contributed by atoms with E-state index in [-0.39, 0.29) is 24.1 Å². The first-order chi connectivity index (χ1) is 13.7. The van der Waals surface area contributed by atoms with E-state index in [1.807, 2.05) is 30.3 Å². The first kappa shape index (κ1) is 18.0. The highest BCUT2D eigenvalue weighted by molar-refractivity contribution is 7.99. The Balaban J connectivity index is 1.53. The van der Waals surface area contributed by atoms with Crippen molar-refractivity contribution in [3.05, 3.63) is 48.5 Å². The number of hydrogen-bond donors (Lipinski definition) is 1. The van der Waals surface area contributed by atoms with Crippen molar-refractivity contribution in [2.75, 3.05) is 29.6 Å². The third-order valence-corrected chi connectivity index (χ3v) is 5.05. The maximum Gasteiger partial charge on any atom is 0.244 e. The molecule has 0 fully saturated rings. The van der Waals surface area contributed by atoms with Crippen molar-refractivity contribution < 1.29 is 14.3 Å². The largest absolute Gasteiger partial charge is 0.494 e. The number of benzene rings is 2. The lowest BCUT2D eigenvalue weighted by atomic mass is 10.2. The van der Waals surface area contributed by atoms with Gasteiger partial charge in [0.2, 0.25) is 17.0 Å². The Labute approximate surface area is 164 Å². The minimum atomic E-state index is -0.226. The number of fused-ring (bicyclic) bond motifs is 1. The molecular formula is C18H16N6O3S. The van der Waals surface area contributed by atoms with E-state index in [2.05, 4.69) is 20.8 Å². The van der Waals surface area contributed by atoms with Crippen LogP contribution in [-0.4, -0.2) is 51.4 Å². The van der Waals surface area contributed by atoms with Gasteiger partial charge in [-0.15, -0.1) is 5.10 Å². The summed E-state index contributed by atoms with van der Waals surface area (Å²) >= 11 is 1.19. The number of hydrogen-bond acceptors (Lipinski definition) is 7. The first-order valence-corrected chi connectivity index (χ1v) is 9.40. The highest BCUT2D eigenvalue weighted by Gasteiger charge is 2.27. The number of tetrazole rings is 1. The van der Waals surface area contributed by atoms with Crippen LogP contribution in [-0.2, 0) is 9.59 Å². The maximum atomic E-state index is 12.8. The summed E-state index contributed by atoms with van der Waals surface area (Å²) in [7, 11) is 1.57. The second kappa shape index (κ2) is 7.69. The van der Waals surface area contributed by atoms with Crippen molar-refractivity contribution in [2.24, 2.45) is 0 Å². The van der Waals surface area contributed by atoms with E-state index in [1.165, 1.54) is 21.3 Å². The number of rotatable bonds is 5. The van der Waals surface area contributed by atoms with Crippen molar-refractivity contribution in [1.29, 1.82) is 0 Å². The zero-order valence-electron chi connectivity index (χ0n) is 14.9. The van der Waals surface area contributed by atoms with Crippen molar-refractivity contribution in [2.45, 2.75) is 5.16 Å². The van der Waals surface area contributed by atoms with Gasteiger partial charge in [-0.2, -0.15) is 4.68 Å². The number of carbonyl (C=O) groups is 2. The van der Waals surface area contributed by atoms with Gasteiger partial charge in [0.25, 0.3) is 0 Å². The number of carbonyl (C=O) groups excluding carboxylic acids is 2. The number of nitrogens with one attached hydrogen (secondary N) is 1. The molecule has 3 aromatic rings. The normalized spacial score (nSPS) is 13.0. The molecule has 0 radical (unpaired) electrons. The molecule has 1 aliphatic rings. The van der Waals surface area contributed by atoms with Crippen LogP contribution in [0.2, 0.25) is 0 Å². The number of ether oxygens (including phenoxy) is 1. The number of thioether (sulfide) groups is 1. The van der Waals surface area contributed by atoms with E-state index < -0.39 is 0 Å². The SMILES string of the molecule is COc1ccccc1-n1nnnc1SCC(=O)N1CC(=O)Nc2ccccc21. The lowest BCUT2D eigenvalue weighted by molar-refractivity contribution is -0.120. The predicted octanol–water partition coefficient (Wildman–Crippen LogP) is 1.75. The molecular weight excluding hydrogens is 380 g/mol. The molecule has 4 rings (SSSR count). The Hall–Kier alpha value is -3.40. The summed E-state index contributed by atoms with van der Waals surface area (Å²) in [6, 6.07) is 14.5. The van der Waals surface area contributed by atoms with Crippen LogP contribution >= 0.6 is 11.8 Å². The summed E-state index contributed by atoms with van der Waals surface area (Å²) in [5.41, 5.74) is 1.97. The van der Waals surface area contributed by atoms with Gasteiger partial charge in [0.15, 0.2) is 0 Å². The van der Waals surface area contributed by atoms with Gasteiger partial charge >= 0.3 is 0 Å². The third-order valence-electron chi connectivity index (χ3n) is 4.15. The average Bonchev–Trinajstić information content (AvgIpc) is 3.19. The molecule has 2 heterocycles. The van der Waals surface area contributed by atoms with E-state index in [1.54, 1.807) is 25.3 Å². The van der Waals surface area contributed by atoms with Crippen molar-refractivity contribution in [1.82, 2.24) is 20.2 Å². The molecule has 0 saturated carbocycles. The minimum absolute atomic E-state index is 0.0200. The standard InChI is InChI=1S/C18H16N6O3S/c1-27-15-9-5-4-8-14(15)24-18(20-21-22-24)28-11-17(26)23-10-16(25)19-12-6-2-3-7-13(12)23/h2-9H,10-11H2,1H3,(H,19,25). The fraction of sp³-hybridized carbons (Fsp3) is 0.167. The predicted molar refractivity (Wildman–Crippen MR) is 104 cm³/mol. The van der Waals surface area contributed by atoms with Gasteiger partial charge in [-0.1, -0.05) is 36.0 Å². The van der Waals surface area contributed by atoms with E-state index in [0.717, 1.165) is 0 Å². The molecule has 2 amide bonds. The number of amides is 2. The highest BCUT2D eigenvalue weighted by Crippen LogP contribution is 2.30. The molecule has 0 saturated heterocycles. The van der Waals surface area contributed by atoms with E-state index >= 15 is 0 Å². The first-order valence-electron chi connectivity index (χ1n) is 8.41. The molecule has 0 aliphatic carbocycles. The molecule has 1 aromatic heterocycles. The van der Waals surface area contributed by atoms with Crippen molar-refractivity contribution >= 4 is 35.0 Å². The molecule has 28 heavy (non-hydrogen) atoms. The number of nitrogens with zero attached hydrogens (tertiary/aromatic N) is 5. The van der Waals surface area contributed by atoms with Crippen LogP contribution in [0.3, 0.4) is 0 Å². The van der Waals surface area contributed by atoms with E-state index in [0.29, 0.717) is 28.0 Å². The van der Waals surface area contributed by atoms with Gasteiger partial charge < -0.3 is 15.0 Å². The van der Waals surface area contributed by atoms with Gasteiger partial charge in [0.05, 0.1) is 24.2 Å². The van der Waals surface area contributed by atoms with E-state index in [9.17, 15) is 9.59 Å². The van der Waals surface area contributed by atoms with Gasteiger partial charge in [0, 0.05) is 0 Å². The van der Waals surface area contributed by atoms with Gasteiger partial charge in [-0.25, -0.2) is 0 Å². The van der Waals surface area contributed by atoms with Crippen LogP contribution in [0.1, 0.15) is 0 Å². The molecule has 1 N–H and O–H groups in total. The molecule has 10 heteroatoms. The summed E-state index contributed by atoms with van der Waals surface area (Å²) in [5, 5.41) is 14.9. The van der Waals surface area contributed by atoms with Gasteiger partial charge in [-0.05, 0) is 34.7 Å². The van der Waals surface area contributed by atoms with Gasteiger partial charge in [-0.3, -0.25) is 9.59 Å². The maximum absolute atomic E-state index is 12.8. The Kier molecular flexibility index (Phi) is 4.94. The fourth-order valence-corrected chi connectivity index (χ4v) is 3.64. The van der Waals surface area contributed by atoms with E-state index in [4.69, 9.17) is 4.74 Å². The van der Waals surface area contributed by atoms with Crippen molar-refractivity contribution in [3.63, 3.8) is 0 Å². The van der Waals surface area contributed by atoms with Crippen LogP contribution in [0.5, 0.6) is 5.75 Å². The summed E-state index contributed by atoms with van der Waals surface area (Å²) in [6.45, 7) is -0.0200. The lowest BCUT2D eigenvalue weighted by Crippen LogP contribution is -2.43. The minimum Gasteiger partial charge on any atom is -0.494 e. The monoisotopic (exact) mass is 396 g/mol. The van der Waals surface area contributed by atoms with Crippen LogP contribution in [0.25, 0.3) is 5.69 Å². The summed E-state index contributed by atoms with van der Waals surface area (Å²) in [4.78, 5) is 26.2. The second-order valence-electron chi connectivity index (χ2n) is 5.88. The van der Waals surface area contributed by atoms with Crippen molar-refractivity contribution in [3.8, 4) is 11.4 Å². The van der Waals surface area contributed by atoms with Crippen LogP contribution in [0, 0.1) is 0 Å². The summed E-state index contributed by atoms with van der Waals surface area (Å²) in [6.07, 6.45) is 0. The molecule has 142 valence electrons. The molecule has 0 atom stereocenters. The topological polar surface area (TPSA) is 102 Å². The number of methoxy groups -OCH3 is 1. The highest BCUT2D eigenvalue weighted by atomic mass is 32.2. The molecule has 1 aliphatic heterocycles. The smallest absolute Gasteiger partial charge is 0.244 e. The lowest BCUT2D eigenvalue weighted by Gasteiger charge is -2.28. The molecule has 0 spiro atoms. The van der Waals surface area contributed by atoms with Crippen LogP contribution in [0.4, 0.5) is 11.4 Å². The van der Waals surface area contributed by atoms with Crippen LogP contribution < -0.4 is 15.0 Å². The zero-order chi connectivity index (χ0) is 19.5. The number of para-hydroxylation sites is 4. The summed E-state index contributed by atoms with van der Waals surface area (Å²) in [5.74, 6) is 0.263. The fourth-order valence-electron chi connectivity index (χ4n) is 2.88. The number of aromatic nitrogens is 4. The molecule has 0 bridgehead atoms. The number of anilines is 2. The Bertz CT molecular complexity index is 1040. The quantitative estimate of drug-likeness (QED) is 0.656. The van der Waals surface area contributed by atoms with Gasteiger partial charge in [0.1, 0.15) is 18.0 Å². The van der Waals surface area contributed by atoms with Crippen LogP contribution in [0.15, 0.2) is 53.7 Å². The molecule has 9 nitrogen and oxygen atoms in total. The molecule has 2 aromatic carbocycles. The zero-order valence-corrected chi connectivity index (χ0v) is 15.7. The Morgan fingerprint density at radius 2 is 1.93 bits per heavy atom.